The number of aromatic nitrogens is 2. The van der Waals surface area contributed by atoms with Gasteiger partial charge in [-0.15, -0.1) is 0 Å². The summed E-state index contributed by atoms with van der Waals surface area (Å²) in [5, 5.41) is 5.56. The van der Waals surface area contributed by atoms with Gasteiger partial charge in [0.2, 0.25) is 5.91 Å². The molecule has 2 aromatic rings. The highest BCUT2D eigenvalue weighted by Crippen LogP contribution is 2.18. The van der Waals surface area contributed by atoms with E-state index in [-0.39, 0.29) is 23.4 Å². The Kier molecular flexibility index (Phi) is 6.89. The predicted octanol–water partition coefficient (Wildman–Crippen LogP) is 2.14. The molecule has 0 unspecified atom stereocenters. The smallest absolute Gasteiger partial charge is 0.275 e. The molecule has 8 heteroatoms. The number of carbonyl (C=O) groups is 2. The lowest BCUT2D eigenvalue weighted by atomic mass is 10.1. The monoisotopic (exact) mass is 439 g/mol. The first-order valence-corrected chi connectivity index (χ1v) is 11.8. The van der Waals surface area contributed by atoms with E-state index in [9.17, 15) is 14.4 Å². The van der Waals surface area contributed by atoms with Crippen LogP contribution in [0.3, 0.4) is 0 Å². The van der Waals surface area contributed by atoms with E-state index in [4.69, 9.17) is 0 Å². The molecule has 0 radical (unpaired) electrons. The second kappa shape index (κ2) is 9.81. The Morgan fingerprint density at radius 3 is 2.12 bits per heavy atom. The van der Waals surface area contributed by atoms with Crippen molar-refractivity contribution in [1.82, 2.24) is 24.5 Å². The first-order chi connectivity index (χ1) is 15.5. The van der Waals surface area contributed by atoms with Crippen LogP contribution in [0, 0.1) is 0 Å². The highest BCUT2D eigenvalue weighted by Gasteiger charge is 2.27. The van der Waals surface area contributed by atoms with Crippen molar-refractivity contribution in [2.75, 3.05) is 45.8 Å². The zero-order valence-corrected chi connectivity index (χ0v) is 19.1. The van der Waals surface area contributed by atoms with Gasteiger partial charge in [-0.3, -0.25) is 19.3 Å². The molecule has 0 bridgehead atoms. The van der Waals surface area contributed by atoms with Crippen molar-refractivity contribution in [3.05, 3.63) is 40.3 Å². The van der Waals surface area contributed by atoms with Crippen molar-refractivity contribution in [3.63, 3.8) is 0 Å². The average molecular weight is 440 g/mol. The molecule has 2 saturated heterocycles. The summed E-state index contributed by atoms with van der Waals surface area (Å²) in [6.45, 7) is 8.33. The Morgan fingerprint density at radius 2 is 1.50 bits per heavy atom. The van der Waals surface area contributed by atoms with E-state index in [1.807, 2.05) is 30.9 Å². The molecule has 8 nitrogen and oxygen atoms in total. The highest BCUT2D eigenvalue weighted by molar-refractivity contribution is 6.04. The molecule has 3 heterocycles. The molecule has 0 spiro atoms. The van der Waals surface area contributed by atoms with Crippen molar-refractivity contribution in [2.45, 2.75) is 45.6 Å². The van der Waals surface area contributed by atoms with Crippen LogP contribution in [0.4, 0.5) is 0 Å². The molecule has 1 aromatic carbocycles. The Morgan fingerprint density at radius 1 is 0.875 bits per heavy atom. The van der Waals surface area contributed by atoms with Crippen LogP contribution in [0.5, 0.6) is 0 Å². The summed E-state index contributed by atoms with van der Waals surface area (Å²) in [6, 6.07) is 7.04. The van der Waals surface area contributed by atoms with Gasteiger partial charge in [-0.2, -0.15) is 5.10 Å². The Bertz CT molecular complexity index is 1030. The Balaban J connectivity index is 1.45. The van der Waals surface area contributed by atoms with Gasteiger partial charge in [-0.05, 0) is 32.8 Å². The van der Waals surface area contributed by atoms with Gasteiger partial charge in [0.25, 0.3) is 11.5 Å². The number of amides is 2. The number of hydrogen-bond acceptors (Lipinski definition) is 5. The van der Waals surface area contributed by atoms with E-state index in [2.05, 4.69) is 10.00 Å². The summed E-state index contributed by atoms with van der Waals surface area (Å²) in [5.74, 6) is 0.0393. The molecular formula is C24H33N5O3. The van der Waals surface area contributed by atoms with E-state index in [1.54, 1.807) is 17.0 Å². The first kappa shape index (κ1) is 22.5. The van der Waals surface area contributed by atoms with Crippen LogP contribution in [0.1, 0.15) is 56.1 Å². The summed E-state index contributed by atoms with van der Waals surface area (Å²) in [7, 11) is 0. The summed E-state index contributed by atoms with van der Waals surface area (Å²) in [5.41, 5.74) is 0.145. The van der Waals surface area contributed by atoms with Gasteiger partial charge in [0, 0.05) is 44.7 Å². The fourth-order valence-corrected chi connectivity index (χ4v) is 4.58. The maximum atomic E-state index is 13.4. The zero-order valence-electron chi connectivity index (χ0n) is 19.1. The molecular weight excluding hydrogens is 406 g/mol. The number of hydrogen-bond donors (Lipinski definition) is 0. The van der Waals surface area contributed by atoms with Crippen LogP contribution in [0.2, 0.25) is 0 Å². The molecule has 32 heavy (non-hydrogen) atoms. The fourth-order valence-electron chi connectivity index (χ4n) is 4.58. The third kappa shape index (κ3) is 4.70. The molecule has 2 amide bonds. The third-order valence-electron chi connectivity index (χ3n) is 6.50. The highest BCUT2D eigenvalue weighted by atomic mass is 16.2. The molecule has 2 fully saturated rings. The molecule has 0 aliphatic carbocycles. The second-order valence-corrected chi connectivity index (χ2v) is 9.10. The van der Waals surface area contributed by atoms with Crippen LogP contribution in [-0.4, -0.2) is 82.1 Å². The van der Waals surface area contributed by atoms with Gasteiger partial charge in [0.15, 0.2) is 5.69 Å². The molecule has 0 atom stereocenters. The van der Waals surface area contributed by atoms with Crippen molar-refractivity contribution in [2.24, 2.45) is 0 Å². The summed E-state index contributed by atoms with van der Waals surface area (Å²) in [4.78, 5) is 44.7. The minimum Gasteiger partial charge on any atom is -0.342 e. The van der Waals surface area contributed by atoms with Crippen LogP contribution in [0.25, 0.3) is 10.8 Å². The SMILES string of the molecule is CC(C)n1nc(C(=O)N2CCN(CC(=O)N3CCCCCC3)CC2)c2ccccc2c1=O. The second-order valence-electron chi connectivity index (χ2n) is 9.10. The molecule has 1 aromatic heterocycles. The Hall–Kier alpha value is -2.74. The molecule has 0 N–H and O–H groups in total. The van der Waals surface area contributed by atoms with E-state index < -0.39 is 0 Å². The number of rotatable bonds is 4. The van der Waals surface area contributed by atoms with Crippen LogP contribution in [-0.2, 0) is 4.79 Å². The maximum Gasteiger partial charge on any atom is 0.275 e. The lowest BCUT2D eigenvalue weighted by molar-refractivity contribution is -0.132. The summed E-state index contributed by atoms with van der Waals surface area (Å²) in [6.07, 6.45) is 4.59. The topological polar surface area (TPSA) is 78.8 Å². The fraction of sp³-hybridized carbons (Fsp3) is 0.583. The van der Waals surface area contributed by atoms with Crippen molar-refractivity contribution in [1.29, 1.82) is 0 Å². The summed E-state index contributed by atoms with van der Waals surface area (Å²) >= 11 is 0. The zero-order chi connectivity index (χ0) is 22.7. The van der Waals surface area contributed by atoms with Gasteiger partial charge < -0.3 is 9.80 Å². The van der Waals surface area contributed by atoms with Gasteiger partial charge in [-0.25, -0.2) is 4.68 Å². The standard InChI is InChI=1S/C24H33N5O3/c1-18(2)29-23(31)20-10-6-5-9-19(20)22(25-29)24(32)28-15-13-26(14-16-28)17-21(30)27-11-7-3-4-8-12-27/h5-6,9-10,18H,3-4,7-8,11-17H2,1-2H3. The first-order valence-electron chi connectivity index (χ1n) is 11.8. The minimum absolute atomic E-state index is 0.138. The van der Waals surface area contributed by atoms with Crippen LogP contribution >= 0.6 is 0 Å². The number of fused-ring (bicyclic) bond motifs is 1. The van der Waals surface area contributed by atoms with Crippen LogP contribution in [0.15, 0.2) is 29.1 Å². The normalized spacial score (nSPS) is 18.2. The molecule has 2 aliphatic heterocycles. The van der Waals surface area contributed by atoms with Gasteiger partial charge >= 0.3 is 0 Å². The van der Waals surface area contributed by atoms with Gasteiger partial charge in [-0.1, -0.05) is 31.0 Å². The molecule has 172 valence electrons. The number of likely N-dealkylation sites (tertiary alicyclic amines) is 1. The number of nitrogens with zero attached hydrogens (tertiary/aromatic N) is 5. The number of piperazine rings is 1. The van der Waals surface area contributed by atoms with Gasteiger partial charge in [0.05, 0.1) is 18.0 Å². The van der Waals surface area contributed by atoms with E-state index >= 15 is 0 Å². The van der Waals surface area contributed by atoms with Crippen molar-refractivity contribution in [3.8, 4) is 0 Å². The van der Waals surface area contributed by atoms with E-state index in [1.165, 1.54) is 17.5 Å². The van der Waals surface area contributed by atoms with E-state index in [0.29, 0.717) is 49.2 Å². The van der Waals surface area contributed by atoms with Crippen molar-refractivity contribution >= 4 is 22.6 Å². The van der Waals surface area contributed by atoms with Crippen molar-refractivity contribution < 1.29 is 9.59 Å². The van der Waals surface area contributed by atoms with Gasteiger partial charge in [0.1, 0.15) is 0 Å². The van der Waals surface area contributed by atoms with E-state index in [0.717, 1.165) is 25.9 Å². The lowest BCUT2D eigenvalue weighted by Gasteiger charge is -2.35. The quantitative estimate of drug-likeness (QED) is 0.729. The minimum atomic E-state index is -0.177. The predicted molar refractivity (Wildman–Crippen MR) is 124 cm³/mol. The lowest BCUT2D eigenvalue weighted by Crippen LogP contribution is -2.52. The average Bonchev–Trinajstić information content (AvgIpc) is 3.09. The van der Waals surface area contributed by atoms with Crippen LogP contribution < -0.4 is 5.56 Å². The molecule has 2 aliphatic rings. The summed E-state index contributed by atoms with van der Waals surface area (Å²) < 4.78 is 1.39. The molecule has 0 saturated carbocycles. The molecule has 4 rings (SSSR count). The number of carbonyl (C=O) groups excluding carboxylic acids is 2. The number of benzene rings is 1. The Labute approximate surface area is 188 Å². The largest absolute Gasteiger partial charge is 0.342 e. The maximum absolute atomic E-state index is 13.4. The third-order valence-corrected chi connectivity index (χ3v) is 6.50.